The maximum Gasteiger partial charge on any atom is 0.343 e. The van der Waals surface area contributed by atoms with Crippen molar-refractivity contribution in [2.75, 3.05) is 25.6 Å². The van der Waals surface area contributed by atoms with Crippen LogP contribution in [0.1, 0.15) is 11.1 Å². The number of nitrogens with one attached hydrogen (secondary N) is 1. The Bertz CT molecular complexity index is 766. The minimum Gasteiger partial charge on any atom is -0.484 e. The highest BCUT2D eigenvalue weighted by molar-refractivity contribution is 6.32. The minimum absolute atomic E-state index is 0.124. The molecule has 2 aromatic carbocycles. The lowest BCUT2D eigenvalue weighted by Crippen LogP contribution is -2.20. The smallest absolute Gasteiger partial charge is 0.343 e. The van der Waals surface area contributed by atoms with E-state index in [0.29, 0.717) is 22.2 Å². The fourth-order valence-electron chi connectivity index (χ4n) is 2.17. The van der Waals surface area contributed by atoms with Crippen molar-refractivity contribution in [1.82, 2.24) is 0 Å². The lowest BCUT2D eigenvalue weighted by Gasteiger charge is -2.11. The molecule has 1 amide bonds. The molecule has 0 bridgehead atoms. The van der Waals surface area contributed by atoms with Crippen molar-refractivity contribution in [1.29, 1.82) is 0 Å². The van der Waals surface area contributed by atoms with Crippen LogP contribution >= 0.6 is 11.6 Å². The zero-order valence-electron chi connectivity index (χ0n) is 14.8. The van der Waals surface area contributed by atoms with Gasteiger partial charge in [0.25, 0.3) is 5.91 Å². The molecule has 0 aromatic heterocycles. The number of methoxy groups -OCH3 is 1. The molecule has 0 unspecified atom stereocenters. The molecule has 0 fully saturated rings. The molecule has 0 saturated heterocycles. The molecular formula is C19H20ClNO5. The summed E-state index contributed by atoms with van der Waals surface area (Å²) in [7, 11) is 1.29. The number of anilines is 1. The summed E-state index contributed by atoms with van der Waals surface area (Å²) in [6.07, 6.45) is 0. The van der Waals surface area contributed by atoms with Crippen LogP contribution in [0, 0.1) is 13.8 Å². The fraction of sp³-hybridized carbons (Fsp3) is 0.263. The Morgan fingerprint density at radius 3 is 2.12 bits per heavy atom. The Morgan fingerprint density at radius 1 is 0.962 bits per heavy atom. The lowest BCUT2D eigenvalue weighted by atomic mass is 10.1. The van der Waals surface area contributed by atoms with Crippen LogP contribution in [0.3, 0.4) is 0 Å². The highest BCUT2D eigenvalue weighted by Crippen LogP contribution is 2.25. The van der Waals surface area contributed by atoms with E-state index in [1.807, 2.05) is 13.8 Å². The summed E-state index contributed by atoms with van der Waals surface area (Å²) in [5.74, 6) is 0.327. The van der Waals surface area contributed by atoms with Crippen molar-refractivity contribution < 1.29 is 23.8 Å². The molecule has 0 saturated carbocycles. The van der Waals surface area contributed by atoms with Gasteiger partial charge in [-0.2, -0.15) is 0 Å². The number of rotatable bonds is 7. The van der Waals surface area contributed by atoms with Crippen LogP contribution in [-0.2, 0) is 14.3 Å². The number of benzene rings is 2. The molecule has 0 atom stereocenters. The molecule has 7 heteroatoms. The molecule has 0 aliphatic heterocycles. The topological polar surface area (TPSA) is 73.9 Å². The average Bonchev–Trinajstić information content (AvgIpc) is 2.63. The van der Waals surface area contributed by atoms with E-state index >= 15 is 0 Å². The SMILES string of the molecule is COC(=O)COc1ccc(NC(=O)COc2cc(C)c(Cl)c(C)c2)cc1. The third-order valence-corrected chi connectivity index (χ3v) is 4.10. The standard InChI is InChI=1S/C19H20ClNO5/c1-12-8-16(9-13(2)19(12)20)25-10-17(22)21-14-4-6-15(7-5-14)26-11-18(23)24-3/h4-9H,10-11H2,1-3H3,(H,21,22). The second-order valence-corrected chi connectivity index (χ2v) is 5.98. The number of halogens is 1. The normalized spacial score (nSPS) is 10.2. The molecule has 2 aromatic rings. The zero-order valence-corrected chi connectivity index (χ0v) is 15.6. The van der Waals surface area contributed by atoms with Crippen LogP contribution < -0.4 is 14.8 Å². The summed E-state index contributed by atoms with van der Waals surface area (Å²) >= 11 is 6.11. The fourth-order valence-corrected chi connectivity index (χ4v) is 2.28. The van der Waals surface area contributed by atoms with Gasteiger partial charge < -0.3 is 19.5 Å². The first-order valence-corrected chi connectivity index (χ1v) is 8.26. The highest BCUT2D eigenvalue weighted by Gasteiger charge is 2.08. The molecule has 1 N–H and O–H groups in total. The zero-order chi connectivity index (χ0) is 19.1. The quantitative estimate of drug-likeness (QED) is 0.747. The monoisotopic (exact) mass is 377 g/mol. The van der Waals surface area contributed by atoms with Crippen LogP contribution in [0.25, 0.3) is 0 Å². The molecule has 0 aliphatic rings. The van der Waals surface area contributed by atoms with E-state index in [9.17, 15) is 9.59 Å². The van der Waals surface area contributed by atoms with Crippen LogP contribution in [0.2, 0.25) is 5.02 Å². The Morgan fingerprint density at radius 2 is 1.54 bits per heavy atom. The Balaban J connectivity index is 1.85. The van der Waals surface area contributed by atoms with E-state index in [0.717, 1.165) is 11.1 Å². The Kier molecular flexibility index (Phi) is 6.86. The van der Waals surface area contributed by atoms with E-state index in [-0.39, 0.29) is 19.1 Å². The predicted octanol–water partition coefficient (Wildman–Crippen LogP) is 3.53. The number of amides is 1. The highest BCUT2D eigenvalue weighted by atomic mass is 35.5. The average molecular weight is 378 g/mol. The Hall–Kier alpha value is -2.73. The second-order valence-electron chi connectivity index (χ2n) is 5.60. The number of hydrogen-bond acceptors (Lipinski definition) is 5. The number of esters is 1. The van der Waals surface area contributed by atoms with Gasteiger partial charge in [-0.25, -0.2) is 4.79 Å². The van der Waals surface area contributed by atoms with Gasteiger partial charge in [0.1, 0.15) is 11.5 Å². The third kappa shape index (κ3) is 5.67. The van der Waals surface area contributed by atoms with Gasteiger partial charge in [0.05, 0.1) is 7.11 Å². The number of carbonyl (C=O) groups excluding carboxylic acids is 2. The maximum absolute atomic E-state index is 12.0. The first-order chi connectivity index (χ1) is 12.4. The van der Waals surface area contributed by atoms with Crippen LogP contribution in [0.15, 0.2) is 36.4 Å². The summed E-state index contributed by atoms with van der Waals surface area (Å²) in [5, 5.41) is 3.41. The van der Waals surface area contributed by atoms with Gasteiger partial charge in [0.2, 0.25) is 0 Å². The van der Waals surface area contributed by atoms with Gasteiger partial charge in [0.15, 0.2) is 13.2 Å². The van der Waals surface area contributed by atoms with E-state index < -0.39 is 5.97 Å². The van der Waals surface area contributed by atoms with Gasteiger partial charge in [-0.15, -0.1) is 0 Å². The van der Waals surface area contributed by atoms with Gasteiger partial charge >= 0.3 is 5.97 Å². The lowest BCUT2D eigenvalue weighted by molar-refractivity contribution is -0.142. The van der Waals surface area contributed by atoms with Crippen molar-refractivity contribution in [2.45, 2.75) is 13.8 Å². The summed E-state index contributed by atoms with van der Waals surface area (Å²) in [5.41, 5.74) is 2.38. The molecule has 0 spiro atoms. The van der Waals surface area contributed by atoms with Gasteiger partial charge in [-0.1, -0.05) is 11.6 Å². The van der Waals surface area contributed by atoms with Crippen LogP contribution in [0.4, 0.5) is 5.69 Å². The molecular weight excluding hydrogens is 358 g/mol. The van der Waals surface area contributed by atoms with Crippen molar-refractivity contribution in [2.24, 2.45) is 0 Å². The van der Waals surface area contributed by atoms with Crippen molar-refractivity contribution in [3.8, 4) is 11.5 Å². The summed E-state index contributed by atoms with van der Waals surface area (Å²) in [4.78, 5) is 23.0. The van der Waals surface area contributed by atoms with E-state index in [1.165, 1.54) is 7.11 Å². The van der Waals surface area contributed by atoms with Crippen molar-refractivity contribution in [3.05, 3.63) is 52.5 Å². The summed E-state index contributed by atoms with van der Waals surface area (Å²) in [6, 6.07) is 10.2. The minimum atomic E-state index is -0.466. The molecule has 0 radical (unpaired) electrons. The number of aryl methyl sites for hydroxylation is 2. The van der Waals surface area contributed by atoms with Gasteiger partial charge in [-0.05, 0) is 61.4 Å². The molecule has 138 valence electrons. The summed E-state index contributed by atoms with van der Waals surface area (Å²) < 4.78 is 15.2. The molecule has 0 heterocycles. The van der Waals surface area contributed by atoms with Crippen LogP contribution in [-0.4, -0.2) is 32.2 Å². The molecule has 0 aliphatic carbocycles. The number of hydrogen-bond donors (Lipinski definition) is 1. The largest absolute Gasteiger partial charge is 0.484 e. The Labute approximate surface area is 157 Å². The van der Waals surface area contributed by atoms with Gasteiger partial charge in [0, 0.05) is 10.7 Å². The van der Waals surface area contributed by atoms with E-state index in [4.69, 9.17) is 21.1 Å². The predicted molar refractivity (Wildman–Crippen MR) is 99.0 cm³/mol. The first kappa shape index (κ1) is 19.6. The van der Waals surface area contributed by atoms with Crippen molar-refractivity contribution in [3.63, 3.8) is 0 Å². The van der Waals surface area contributed by atoms with E-state index in [1.54, 1.807) is 36.4 Å². The van der Waals surface area contributed by atoms with Gasteiger partial charge in [-0.3, -0.25) is 4.79 Å². The second kappa shape index (κ2) is 9.10. The van der Waals surface area contributed by atoms with E-state index in [2.05, 4.69) is 10.1 Å². The van der Waals surface area contributed by atoms with Crippen LogP contribution in [0.5, 0.6) is 11.5 Å². The third-order valence-electron chi connectivity index (χ3n) is 3.50. The van der Waals surface area contributed by atoms with Crippen molar-refractivity contribution >= 4 is 29.2 Å². The number of ether oxygens (including phenoxy) is 3. The molecule has 2 rings (SSSR count). The number of carbonyl (C=O) groups is 2. The summed E-state index contributed by atoms with van der Waals surface area (Å²) in [6.45, 7) is 3.47. The maximum atomic E-state index is 12.0. The first-order valence-electron chi connectivity index (χ1n) is 7.88. The molecule has 26 heavy (non-hydrogen) atoms. The molecule has 6 nitrogen and oxygen atoms in total.